The van der Waals surface area contributed by atoms with Crippen LogP contribution in [0, 0.1) is 0 Å². The number of rotatable bonds is 4. The van der Waals surface area contributed by atoms with Crippen molar-refractivity contribution in [3.63, 3.8) is 0 Å². The van der Waals surface area contributed by atoms with Gasteiger partial charge >= 0.3 is 5.97 Å². The topological polar surface area (TPSA) is 62.7 Å². The number of nitrogens with zero attached hydrogens (tertiary/aromatic N) is 3. The smallest absolute Gasteiger partial charge is 0.327 e. The molecule has 1 saturated heterocycles. The lowest BCUT2D eigenvalue weighted by molar-refractivity contribution is -0.148. The normalized spacial score (nSPS) is 16.0. The van der Waals surface area contributed by atoms with Gasteiger partial charge < -0.3 is 9.64 Å². The van der Waals surface area contributed by atoms with Crippen LogP contribution in [0.15, 0.2) is 42.6 Å². The van der Waals surface area contributed by atoms with Gasteiger partial charge in [0.25, 0.3) is 5.91 Å². The highest BCUT2D eigenvalue weighted by Gasteiger charge is 2.33. The Morgan fingerprint density at radius 2 is 1.78 bits per heavy atom. The van der Waals surface area contributed by atoms with E-state index in [1.165, 1.54) is 13.3 Å². The van der Waals surface area contributed by atoms with Gasteiger partial charge in [0.1, 0.15) is 11.2 Å². The number of carbonyl (C=O) groups excluding carboxylic acids is 2. The van der Waals surface area contributed by atoms with Crippen molar-refractivity contribution in [1.82, 2.24) is 14.8 Å². The Labute approximate surface area is 167 Å². The van der Waals surface area contributed by atoms with Gasteiger partial charge in [0.15, 0.2) is 0 Å². The molecular formula is C19H19Cl2N3O3. The number of halogens is 2. The average molecular weight is 408 g/mol. The third-order valence-electron chi connectivity index (χ3n) is 4.57. The Hall–Kier alpha value is -2.15. The molecule has 1 fully saturated rings. The van der Waals surface area contributed by atoms with Gasteiger partial charge in [0.05, 0.1) is 12.7 Å². The van der Waals surface area contributed by atoms with E-state index in [2.05, 4.69) is 4.98 Å². The number of methoxy groups -OCH3 is 1. The number of piperazine rings is 1. The molecule has 1 amide bonds. The number of amides is 1. The van der Waals surface area contributed by atoms with Crippen molar-refractivity contribution >= 4 is 35.1 Å². The zero-order valence-electron chi connectivity index (χ0n) is 14.8. The van der Waals surface area contributed by atoms with Crippen molar-refractivity contribution in [2.45, 2.75) is 6.04 Å². The molecule has 1 unspecified atom stereocenters. The van der Waals surface area contributed by atoms with Crippen molar-refractivity contribution in [3.8, 4) is 0 Å². The first-order chi connectivity index (χ1) is 13.0. The van der Waals surface area contributed by atoms with Gasteiger partial charge in [-0.15, -0.1) is 0 Å². The molecule has 1 aromatic heterocycles. The third-order valence-corrected chi connectivity index (χ3v) is 5.13. The lowest BCUT2D eigenvalue weighted by Crippen LogP contribution is -2.51. The van der Waals surface area contributed by atoms with Crippen molar-refractivity contribution < 1.29 is 14.3 Å². The lowest BCUT2D eigenvalue weighted by atomic mass is 10.0. The Bertz CT molecular complexity index is 821. The second kappa shape index (κ2) is 8.69. The predicted molar refractivity (Wildman–Crippen MR) is 103 cm³/mol. The van der Waals surface area contributed by atoms with Crippen molar-refractivity contribution in [3.05, 3.63) is 63.9 Å². The molecule has 1 aromatic carbocycles. The summed E-state index contributed by atoms with van der Waals surface area (Å²) < 4.78 is 4.99. The van der Waals surface area contributed by atoms with Crippen LogP contribution < -0.4 is 0 Å². The molecule has 0 N–H and O–H groups in total. The summed E-state index contributed by atoms with van der Waals surface area (Å²) in [6.07, 6.45) is 1.47. The van der Waals surface area contributed by atoms with Gasteiger partial charge in [0, 0.05) is 37.4 Å². The fourth-order valence-corrected chi connectivity index (χ4v) is 3.50. The molecular weight excluding hydrogens is 389 g/mol. The molecule has 0 saturated carbocycles. The van der Waals surface area contributed by atoms with E-state index in [0.29, 0.717) is 47.5 Å². The van der Waals surface area contributed by atoms with Gasteiger partial charge in [-0.25, -0.2) is 9.78 Å². The van der Waals surface area contributed by atoms with E-state index in [9.17, 15) is 9.59 Å². The quantitative estimate of drug-likeness (QED) is 0.575. The molecule has 6 nitrogen and oxygen atoms in total. The summed E-state index contributed by atoms with van der Waals surface area (Å²) in [5, 5.41) is 0.857. The number of ether oxygens (including phenoxy) is 1. The van der Waals surface area contributed by atoms with E-state index in [4.69, 9.17) is 27.9 Å². The molecule has 0 bridgehead atoms. The fraction of sp³-hybridized carbons (Fsp3) is 0.316. The van der Waals surface area contributed by atoms with Crippen LogP contribution in [0.5, 0.6) is 0 Å². The number of hydrogen-bond donors (Lipinski definition) is 0. The van der Waals surface area contributed by atoms with Crippen LogP contribution in [0.4, 0.5) is 0 Å². The highest BCUT2D eigenvalue weighted by molar-refractivity contribution is 6.31. The molecule has 1 aliphatic heterocycles. The minimum atomic E-state index is -0.599. The van der Waals surface area contributed by atoms with E-state index in [-0.39, 0.29) is 11.9 Å². The standard InChI is InChI=1S/C19H19Cl2N3O3/c1-27-19(26)17(14-4-2-3-5-15(14)20)23-8-10-24(11-9-23)18(25)13-6-7-16(21)22-12-13/h2-7,12,17H,8-11H2,1H3. The Kier molecular flexibility index (Phi) is 6.31. The van der Waals surface area contributed by atoms with Crippen LogP contribution in [0.3, 0.4) is 0 Å². The molecule has 3 rings (SSSR count). The van der Waals surface area contributed by atoms with Gasteiger partial charge in [-0.3, -0.25) is 9.69 Å². The van der Waals surface area contributed by atoms with E-state index >= 15 is 0 Å². The molecule has 27 heavy (non-hydrogen) atoms. The first-order valence-electron chi connectivity index (χ1n) is 8.48. The number of aromatic nitrogens is 1. The number of hydrogen-bond acceptors (Lipinski definition) is 5. The highest BCUT2D eigenvalue weighted by Crippen LogP contribution is 2.29. The summed E-state index contributed by atoms with van der Waals surface area (Å²) in [5.41, 5.74) is 1.19. The molecule has 8 heteroatoms. The second-order valence-electron chi connectivity index (χ2n) is 6.14. The maximum Gasteiger partial charge on any atom is 0.327 e. The van der Waals surface area contributed by atoms with Crippen LogP contribution in [-0.2, 0) is 9.53 Å². The molecule has 2 heterocycles. The minimum absolute atomic E-state index is 0.105. The summed E-state index contributed by atoms with van der Waals surface area (Å²) in [5.74, 6) is -0.476. The van der Waals surface area contributed by atoms with Gasteiger partial charge in [0.2, 0.25) is 0 Å². The first-order valence-corrected chi connectivity index (χ1v) is 9.24. The lowest BCUT2D eigenvalue weighted by Gasteiger charge is -2.38. The van der Waals surface area contributed by atoms with Crippen LogP contribution in [0.25, 0.3) is 0 Å². The van der Waals surface area contributed by atoms with E-state index in [1.54, 1.807) is 23.1 Å². The van der Waals surface area contributed by atoms with Gasteiger partial charge in [-0.1, -0.05) is 41.4 Å². The molecule has 1 aliphatic rings. The largest absolute Gasteiger partial charge is 0.468 e. The summed E-state index contributed by atoms with van der Waals surface area (Å²) in [6, 6.07) is 9.88. The molecule has 0 aliphatic carbocycles. The van der Waals surface area contributed by atoms with Gasteiger partial charge in [-0.05, 0) is 23.8 Å². The zero-order valence-corrected chi connectivity index (χ0v) is 16.3. The molecule has 0 spiro atoms. The van der Waals surface area contributed by atoms with E-state index < -0.39 is 6.04 Å². The Morgan fingerprint density at radius 3 is 2.37 bits per heavy atom. The van der Waals surface area contributed by atoms with Crippen molar-refractivity contribution in [2.75, 3.05) is 33.3 Å². The SMILES string of the molecule is COC(=O)C(c1ccccc1Cl)N1CCN(C(=O)c2ccc(Cl)nc2)CC1. The average Bonchev–Trinajstić information content (AvgIpc) is 2.70. The Balaban J connectivity index is 1.72. The molecule has 1 atom stereocenters. The first kappa shape index (κ1) is 19.6. The molecule has 0 radical (unpaired) electrons. The maximum absolute atomic E-state index is 12.6. The summed E-state index contributed by atoms with van der Waals surface area (Å²) in [4.78, 5) is 32.7. The minimum Gasteiger partial charge on any atom is -0.468 e. The molecule has 142 valence electrons. The zero-order chi connectivity index (χ0) is 19.4. The van der Waals surface area contributed by atoms with Gasteiger partial charge in [-0.2, -0.15) is 0 Å². The maximum atomic E-state index is 12.6. The van der Waals surface area contributed by atoms with E-state index in [0.717, 1.165) is 0 Å². The van der Waals surface area contributed by atoms with Crippen molar-refractivity contribution in [1.29, 1.82) is 0 Å². The summed E-state index contributed by atoms with van der Waals surface area (Å²) >= 11 is 12.1. The number of benzene rings is 1. The van der Waals surface area contributed by atoms with Crippen LogP contribution in [0.1, 0.15) is 22.0 Å². The molecule has 2 aromatic rings. The number of pyridine rings is 1. The van der Waals surface area contributed by atoms with Crippen molar-refractivity contribution in [2.24, 2.45) is 0 Å². The monoisotopic (exact) mass is 407 g/mol. The predicted octanol–water partition coefficient (Wildman–Crippen LogP) is 3.06. The van der Waals surface area contributed by atoms with Crippen LogP contribution in [0.2, 0.25) is 10.2 Å². The van der Waals surface area contributed by atoms with E-state index in [1.807, 2.05) is 23.1 Å². The van der Waals surface area contributed by atoms with Crippen LogP contribution >= 0.6 is 23.2 Å². The number of esters is 1. The third kappa shape index (κ3) is 4.40. The Morgan fingerprint density at radius 1 is 1.07 bits per heavy atom. The highest BCUT2D eigenvalue weighted by atomic mass is 35.5. The summed E-state index contributed by atoms with van der Waals surface area (Å²) in [7, 11) is 1.36. The van der Waals surface area contributed by atoms with Crippen LogP contribution in [-0.4, -0.2) is 59.9 Å². The summed E-state index contributed by atoms with van der Waals surface area (Å²) in [6.45, 7) is 2.02. The number of carbonyl (C=O) groups is 2. The second-order valence-corrected chi connectivity index (χ2v) is 6.94. The fourth-order valence-electron chi connectivity index (χ4n) is 3.15.